The lowest BCUT2D eigenvalue weighted by atomic mass is 9.82. The van der Waals surface area contributed by atoms with Crippen LogP contribution in [-0.2, 0) is 9.53 Å². The standard InChI is InChI=1S/C23H30F2O3/c1-2-27-20-13-12-18(21(24)22(20)25)15-6-9-16(10-7-15)28-23(26)19-11-8-14-4-3-5-17(14)19/h12-17,19H,2-11H2,1H3. The van der Waals surface area contributed by atoms with E-state index in [-0.39, 0.29) is 29.7 Å². The van der Waals surface area contributed by atoms with E-state index in [1.54, 1.807) is 13.0 Å². The highest BCUT2D eigenvalue weighted by atomic mass is 19.2. The molecule has 0 spiro atoms. The SMILES string of the molecule is CCOc1ccc(C2CCC(OC(=O)C3CCC4CCCC43)CC2)c(F)c1F. The molecule has 0 bridgehead atoms. The second kappa shape index (κ2) is 8.38. The van der Waals surface area contributed by atoms with Gasteiger partial charge in [-0.2, -0.15) is 4.39 Å². The van der Waals surface area contributed by atoms with Crippen LogP contribution >= 0.6 is 0 Å². The van der Waals surface area contributed by atoms with Crippen LogP contribution in [0.2, 0.25) is 0 Å². The summed E-state index contributed by atoms with van der Waals surface area (Å²) in [5.74, 6) is -0.446. The number of benzene rings is 1. The minimum absolute atomic E-state index is 0.0175. The topological polar surface area (TPSA) is 35.5 Å². The normalized spacial score (nSPS) is 32.2. The molecular formula is C23H30F2O3. The number of hydrogen-bond acceptors (Lipinski definition) is 3. The maximum Gasteiger partial charge on any atom is 0.309 e. The van der Waals surface area contributed by atoms with Crippen molar-refractivity contribution < 1.29 is 23.0 Å². The first-order valence-electron chi connectivity index (χ1n) is 10.9. The van der Waals surface area contributed by atoms with E-state index in [2.05, 4.69) is 0 Å². The third-order valence-electron chi connectivity index (χ3n) is 7.16. The average molecular weight is 392 g/mol. The van der Waals surface area contributed by atoms with E-state index in [1.165, 1.54) is 31.7 Å². The molecule has 3 unspecified atom stereocenters. The van der Waals surface area contributed by atoms with E-state index in [9.17, 15) is 13.6 Å². The molecule has 3 aliphatic carbocycles. The van der Waals surface area contributed by atoms with E-state index in [0.29, 0.717) is 43.8 Å². The van der Waals surface area contributed by atoms with Crippen molar-refractivity contribution in [3.63, 3.8) is 0 Å². The molecule has 0 saturated heterocycles. The fraction of sp³-hybridized carbons (Fsp3) is 0.696. The largest absolute Gasteiger partial charge is 0.491 e. The van der Waals surface area contributed by atoms with Crippen LogP contribution < -0.4 is 4.74 Å². The van der Waals surface area contributed by atoms with Crippen LogP contribution in [0.25, 0.3) is 0 Å². The van der Waals surface area contributed by atoms with Gasteiger partial charge in [0, 0.05) is 0 Å². The van der Waals surface area contributed by atoms with Gasteiger partial charge in [0.15, 0.2) is 11.6 Å². The molecular weight excluding hydrogens is 362 g/mol. The van der Waals surface area contributed by atoms with Crippen LogP contribution in [0.1, 0.15) is 76.2 Å². The first-order chi connectivity index (χ1) is 13.6. The summed E-state index contributed by atoms with van der Waals surface area (Å²) < 4.78 is 39.6. The van der Waals surface area contributed by atoms with Gasteiger partial charge in [0.1, 0.15) is 6.10 Å². The first kappa shape index (κ1) is 19.7. The number of fused-ring (bicyclic) bond motifs is 1. The highest BCUT2D eigenvalue weighted by Crippen LogP contribution is 2.48. The maximum atomic E-state index is 14.5. The minimum atomic E-state index is -0.903. The van der Waals surface area contributed by atoms with Crippen LogP contribution in [0.4, 0.5) is 8.78 Å². The Balaban J connectivity index is 1.32. The molecule has 5 heteroatoms. The third kappa shape index (κ3) is 3.77. The van der Waals surface area contributed by atoms with Gasteiger partial charge < -0.3 is 9.47 Å². The molecule has 3 nitrogen and oxygen atoms in total. The second-order valence-electron chi connectivity index (χ2n) is 8.66. The van der Waals surface area contributed by atoms with Gasteiger partial charge in [0.2, 0.25) is 5.82 Å². The number of carbonyl (C=O) groups excluding carboxylic acids is 1. The van der Waals surface area contributed by atoms with Gasteiger partial charge in [-0.3, -0.25) is 4.79 Å². The molecule has 0 amide bonds. The average Bonchev–Trinajstić information content (AvgIpc) is 3.30. The molecule has 1 aromatic rings. The molecule has 0 heterocycles. The number of hydrogen-bond donors (Lipinski definition) is 0. The number of carbonyl (C=O) groups is 1. The van der Waals surface area contributed by atoms with Gasteiger partial charge in [-0.05, 0) is 81.3 Å². The Labute approximate surface area is 165 Å². The number of halogens is 2. The molecule has 3 aliphatic rings. The molecule has 4 rings (SSSR count). The van der Waals surface area contributed by atoms with Crippen LogP contribution in [0.15, 0.2) is 12.1 Å². The van der Waals surface area contributed by atoms with Crippen molar-refractivity contribution in [1.82, 2.24) is 0 Å². The van der Waals surface area contributed by atoms with Gasteiger partial charge in [-0.1, -0.05) is 18.9 Å². The van der Waals surface area contributed by atoms with Crippen molar-refractivity contribution in [1.29, 1.82) is 0 Å². The van der Waals surface area contributed by atoms with E-state index >= 15 is 0 Å². The summed E-state index contributed by atoms with van der Waals surface area (Å²) >= 11 is 0. The van der Waals surface area contributed by atoms with Gasteiger partial charge >= 0.3 is 5.97 Å². The molecule has 0 aromatic heterocycles. The zero-order valence-corrected chi connectivity index (χ0v) is 16.6. The second-order valence-corrected chi connectivity index (χ2v) is 8.66. The molecule has 3 saturated carbocycles. The lowest BCUT2D eigenvalue weighted by Crippen LogP contribution is -2.29. The van der Waals surface area contributed by atoms with Crippen molar-refractivity contribution in [2.24, 2.45) is 17.8 Å². The summed E-state index contributed by atoms with van der Waals surface area (Å²) in [6, 6.07) is 3.15. The number of esters is 1. The summed E-state index contributed by atoms with van der Waals surface area (Å²) in [5.41, 5.74) is 0.412. The molecule has 0 radical (unpaired) electrons. The van der Waals surface area contributed by atoms with Crippen molar-refractivity contribution in [3.8, 4) is 5.75 Å². The van der Waals surface area contributed by atoms with Crippen molar-refractivity contribution >= 4 is 5.97 Å². The summed E-state index contributed by atoms with van der Waals surface area (Å²) in [6.07, 6.45) is 8.58. The molecule has 1 aromatic carbocycles. The van der Waals surface area contributed by atoms with Gasteiger partial charge in [0.05, 0.1) is 12.5 Å². The zero-order chi connectivity index (χ0) is 19.7. The molecule has 0 aliphatic heterocycles. The Morgan fingerprint density at radius 3 is 2.54 bits per heavy atom. The fourth-order valence-corrected chi connectivity index (χ4v) is 5.73. The van der Waals surface area contributed by atoms with Crippen molar-refractivity contribution in [2.45, 2.75) is 76.7 Å². The molecule has 0 N–H and O–H groups in total. The van der Waals surface area contributed by atoms with Crippen molar-refractivity contribution in [2.75, 3.05) is 6.61 Å². The molecule has 3 atom stereocenters. The van der Waals surface area contributed by atoms with Crippen LogP contribution in [0.5, 0.6) is 5.75 Å². The predicted octanol–water partition coefficient (Wildman–Crippen LogP) is 5.76. The smallest absolute Gasteiger partial charge is 0.309 e. The Morgan fingerprint density at radius 2 is 1.79 bits per heavy atom. The summed E-state index contributed by atoms with van der Waals surface area (Å²) in [4.78, 5) is 12.7. The van der Waals surface area contributed by atoms with Gasteiger partial charge in [-0.25, -0.2) is 4.39 Å². The minimum Gasteiger partial charge on any atom is -0.491 e. The molecule has 3 fully saturated rings. The zero-order valence-electron chi connectivity index (χ0n) is 16.6. The Morgan fingerprint density at radius 1 is 1.00 bits per heavy atom. The molecule has 28 heavy (non-hydrogen) atoms. The Kier molecular flexibility index (Phi) is 5.88. The first-order valence-corrected chi connectivity index (χ1v) is 10.9. The monoisotopic (exact) mass is 392 g/mol. The summed E-state index contributed by atoms with van der Waals surface area (Å²) in [5, 5.41) is 0. The lowest BCUT2D eigenvalue weighted by molar-refractivity contribution is -0.157. The lowest BCUT2D eigenvalue weighted by Gasteiger charge is -2.30. The van der Waals surface area contributed by atoms with E-state index in [1.807, 2.05) is 0 Å². The van der Waals surface area contributed by atoms with Crippen molar-refractivity contribution in [3.05, 3.63) is 29.3 Å². The number of ether oxygens (including phenoxy) is 2. The van der Waals surface area contributed by atoms with Crippen LogP contribution in [0.3, 0.4) is 0 Å². The molecule has 154 valence electrons. The third-order valence-corrected chi connectivity index (χ3v) is 7.16. The summed E-state index contributed by atoms with van der Waals surface area (Å²) in [6.45, 7) is 2.04. The van der Waals surface area contributed by atoms with Gasteiger partial charge in [0.25, 0.3) is 0 Å². The quantitative estimate of drug-likeness (QED) is 0.598. The Bertz CT molecular complexity index is 712. The van der Waals surface area contributed by atoms with E-state index in [0.717, 1.165) is 12.3 Å². The highest BCUT2D eigenvalue weighted by Gasteiger charge is 2.44. The Hall–Kier alpha value is -1.65. The van der Waals surface area contributed by atoms with Crippen LogP contribution in [0, 0.1) is 29.4 Å². The van der Waals surface area contributed by atoms with E-state index in [4.69, 9.17) is 9.47 Å². The number of rotatable bonds is 5. The summed E-state index contributed by atoms with van der Waals surface area (Å²) in [7, 11) is 0. The maximum absolute atomic E-state index is 14.5. The van der Waals surface area contributed by atoms with E-state index < -0.39 is 11.6 Å². The van der Waals surface area contributed by atoms with Gasteiger partial charge in [-0.15, -0.1) is 0 Å². The van der Waals surface area contributed by atoms with Crippen LogP contribution in [-0.4, -0.2) is 18.7 Å². The fourth-order valence-electron chi connectivity index (χ4n) is 5.73. The predicted molar refractivity (Wildman–Crippen MR) is 102 cm³/mol. The highest BCUT2D eigenvalue weighted by molar-refractivity contribution is 5.73.